The predicted molar refractivity (Wildman–Crippen MR) is 127 cm³/mol. The summed E-state index contributed by atoms with van der Waals surface area (Å²) in [7, 11) is 1.67. The third-order valence-corrected chi connectivity index (χ3v) is 6.93. The van der Waals surface area contributed by atoms with E-state index in [2.05, 4.69) is 21.2 Å². The zero-order valence-electron chi connectivity index (χ0n) is 18.6. The largest absolute Gasteiger partial charge is 0.495 e. The molecule has 1 fully saturated rings. The van der Waals surface area contributed by atoms with Gasteiger partial charge in [-0.25, -0.2) is 8.78 Å². The Balaban J connectivity index is 1.50. The molecule has 1 N–H and O–H groups in total. The third-order valence-electron chi connectivity index (χ3n) is 5.99. The lowest BCUT2D eigenvalue weighted by Crippen LogP contribution is -2.52. The molecule has 0 radical (unpaired) electrons. The lowest BCUT2D eigenvalue weighted by atomic mass is 10.0. The van der Waals surface area contributed by atoms with Crippen molar-refractivity contribution in [3.8, 4) is 5.75 Å². The van der Waals surface area contributed by atoms with Gasteiger partial charge in [-0.15, -0.1) is 11.3 Å². The van der Waals surface area contributed by atoms with Gasteiger partial charge < -0.3 is 15.0 Å². The molecule has 174 valence electrons. The maximum absolute atomic E-state index is 14.1. The highest BCUT2D eigenvalue weighted by Gasteiger charge is 2.32. The van der Waals surface area contributed by atoms with Crippen molar-refractivity contribution in [3.05, 3.63) is 82.1 Å². The highest BCUT2D eigenvalue weighted by molar-refractivity contribution is 7.10. The number of nitrogens with zero attached hydrogens (tertiary/aromatic N) is 2. The number of rotatable bonds is 7. The molecule has 1 aliphatic rings. The maximum atomic E-state index is 14.1. The van der Waals surface area contributed by atoms with Crippen molar-refractivity contribution in [1.82, 2.24) is 10.2 Å². The number of hydrogen-bond donors (Lipinski definition) is 1. The van der Waals surface area contributed by atoms with E-state index in [0.717, 1.165) is 54.6 Å². The van der Waals surface area contributed by atoms with Crippen LogP contribution in [0.4, 0.5) is 14.5 Å². The summed E-state index contributed by atoms with van der Waals surface area (Å²) < 4.78 is 33.8. The van der Waals surface area contributed by atoms with Crippen molar-refractivity contribution in [2.24, 2.45) is 0 Å². The number of carbonyl (C=O) groups excluding carboxylic acids is 1. The molecule has 0 bridgehead atoms. The monoisotopic (exact) mass is 471 g/mol. The molecule has 1 saturated heterocycles. The summed E-state index contributed by atoms with van der Waals surface area (Å²) in [6.45, 7) is 5.02. The van der Waals surface area contributed by atoms with Crippen LogP contribution in [-0.4, -0.2) is 50.1 Å². The van der Waals surface area contributed by atoms with Crippen LogP contribution in [0, 0.1) is 11.6 Å². The van der Waals surface area contributed by atoms with Crippen LogP contribution in [0.5, 0.6) is 5.75 Å². The van der Waals surface area contributed by atoms with Gasteiger partial charge in [-0.3, -0.25) is 9.69 Å². The number of para-hydroxylation sites is 2. The van der Waals surface area contributed by atoms with Crippen molar-refractivity contribution < 1.29 is 18.3 Å². The number of ether oxygens (including phenoxy) is 1. The molecule has 1 aromatic heterocycles. The molecule has 0 aliphatic carbocycles. The second-order valence-corrected chi connectivity index (χ2v) is 8.99. The number of halogens is 2. The number of amides is 1. The van der Waals surface area contributed by atoms with Crippen LogP contribution >= 0.6 is 11.3 Å². The summed E-state index contributed by atoms with van der Waals surface area (Å²) in [5.41, 5.74) is 0.513. The molecule has 2 atom stereocenters. The van der Waals surface area contributed by atoms with Gasteiger partial charge in [0, 0.05) is 37.1 Å². The van der Waals surface area contributed by atoms with Gasteiger partial charge in [0.05, 0.1) is 18.8 Å². The highest BCUT2D eigenvalue weighted by atomic mass is 32.1. The minimum absolute atomic E-state index is 0.108. The van der Waals surface area contributed by atoms with E-state index < -0.39 is 23.1 Å². The molecule has 1 amide bonds. The topological polar surface area (TPSA) is 44.8 Å². The number of piperazine rings is 1. The summed E-state index contributed by atoms with van der Waals surface area (Å²) in [5.74, 6) is -1.63. The van der Waals surface area contributed by atoms with Crippen LogP contribution in [0.3, 0.4) is 0 Å². The summed E-state index contributed by atoms with van der Waals surface area (Å²) in [5, 5.41) is 4.84. The number of thiophene rings is 1. The fraction of sp³-hybridized carbons (Fsp3) is 0.320. The van der Waals surface area contributed by atoms with Gasteiger partial charge in [0.2, 0.25) is 0 Å². The van der Waals surface area contributed by atoms with Crippen molar-refractivity contribution in [3.63, 3.8) is 0 Å². The number of carbonyl (C=O) groups is 1. The van der Waals surface area contributed by atoms with Crippen molar-refractivity contribution >= 4 is 22.9 Å². The van der Waals surface area contributed by atoms with Gasteiger partial charge >= 0.3 is 0 Å². The van der Waals surface area contributed by atoms with E-state index >= 15 is 0 Å². The van der Waals surface area contributed by atoms with E-state index in [4.69, 9.17) is 4.74 Å². The lowest BCUT2D eigenvalue weighted by molar-refractivity contribution is 0.0882. The van der Waals surface area contributed by atoms with Gasteiger partial charge in [-0.05, 0) is 42.6 Å². The molecule has 2 aromatic carbocycles. The number of nitrogens with one attached hydrogen (secondary N) is 1. The van der Waals surface area contributed by atoms with E-state index in [0.29, 0.717) is 0 Å². The van der Waals surface area contributed by atoms with E-state index in [1.165, 1.54) is 6.07 Å². The van der Waals surface area contributed by atoms with Crippen molar-refractivity contribution in [2.45, 2.75) is 19.0 Å². The molecule has 5 nitrogen and oxygen atoms in total. The Morgan fingerprint density at radius 1 is 1.00 bits per heavy atom. The quantitative estimate of drug-likeness (QED) is 0.542. The number of benzene rings is 2. The molecule has 33 heavy (non-hydrogen) atoms. The fourth-order valence-electron chi connectivity index (χ4n) is 4.41. The van der Waals surface area contributed by atoms with Crippen LogP contribution in [0.1, 0.15) is 28.2 Å². The van der Waals surface area contributed by atoms with Crippen molar-refractivity contribution in [1.29, 1.82) is 0 Å². The average Bonchev–Trinajstić information content (AvgIpc) is 3.34. The summed E-state index contributed by atoms with van der Waals surface area (Å²) in [6, 6.07) is 14.9. The summed E-state index contributed by atoms with van der Waals surface area (Å²) in [4.78, 5) is 18.4. The zero-order valence-corrected chi connectivity index (χ0v) is 19.4. The first-order valence-corrected chi connectivity index (χ1v) is 11.8. The number of hydrogen-bond acceptors (Lipinski definition) is 5. The molecule has 0 saturated carbocycles. The van der Waals surface area contributed by atoms with Crippen LogP contribution in [0.15, 0.2) is 60.0 Å². The molecule has 1 aliphatic heterocycles. The Labute approximate surface area is 196 Å². The highest BCUT2D eigenvalue weighted by Crippen LogP contribution is 2.33. The summed E-state index contributed by atoms with van der Waals surface area (Å²) >= 11 is 1.61. The normalized spacial score (nSPS) is 16.3. The van der Waals surface area contributed by atoms with Gasteiger partial charge in [-0.2, -0.15) is 0 Å². The summed E-state index contributed by atoms with van der Waals surface area (Å²) in [6.07, 6.45) is 0. The molecule has 0 spiro atoms. The first-order valence-electron chi connectivity index (χ1n) is 10.9. The maximum Gasteiger partial charge on any atom is 0.257 e. The predicted octanol–water partition coefficient (Wildman–Crippen LogP) is 4.72. The SMILES string of the molecule is COc1ccccc1N1CCN(C(c2cccs2)C(C)NC(=O)c2c(F)cccc2F)CC1. The van der Waals surface area contributed by atoms with Gasteiger partial charge in [0.1, 0.15) is 22.9 Å². The number of methoxy groups -OCH3 is 1. The van der Waals surface area contributed by atoms with E-state index in [1.807, 2.05) is 42.6 Å². The van der Waals surface area contributed by atoms with Crippen molar-refractivity contribution in [2.75, 3.05) is 38.2 Å². The molecule has 2 unspecified atom stereocenters. The molecule has 3 aromatic rings. The van der Waals surface area contributed by atoms with Crippen LogP contribution < -0.4 is 15.0 Å². The standard InChI is InChI=1S/C25H27F2N3O2S/c1-17(28-25(31)23-18(26)7-5-8-19(23)27)24(22-11-6-16-33-22)30-14-12-29(13-15-30)20-9-3-4-10-21(20)32-2/h3-11,16-17,24H,12-15H2,1-2H3,(H,28,31). The smallest absolute Gasteiger partial charge is 0.257 e. The first-order chi connectivity index (χ1) is 16.0. The second kappa shape index (κ2) is 10.3. The van der Waals surface area contributed by atoms with Crippen LogP contribution in [-0.2, 0) is 0 Å². The number of anilines is 1. The molecule has 2 heterocycles. The average molecular weight is 472 g/mol. The van der Waals surface area contributed by atoms with E-state index in [-0.39, 0.29) is 12.1 Å². The van der Waals surface area contributed by atoms with Gasteiger partial charge in [0.15, 0.2) is 0 Å². The Morgan fingerprint density at radius 2 is 1.70 bits per heavy atom. The Bertz CT molecular complexity index is 1060. The minimum atomic E-state index is -0.863. The van der Waals surface area contributed by atoms with E-state index in [1.54, 1.807) is 18.4 Å². The minimum Gasteiger partial charge on any atom is -0.495 e. The Hall–Kier alpha value is -2.97. The van der Waals surface area contributed by atoms with Gasteiger partial charge in [0.25, 0.3) is 5.91 Å². The molecule has 4 rings (SSSR count). The fourth-order valence-corrected chi connectivity index (χ4v) is 5.37. The Morgan fingerprint density at radius 3 is 2.33 bits per heavy atom. The molecule has 8 heteroatoms. The van der Waals surface area contributed by atoms with Crippen LogP contribution in [0.2, 0.25) is 0 Å². The Kier molecular flexibility index (Phi) is 7.25. The van der Waals surface area contributed by atoms with Gasteiger partial charge in [-0.1, -0.05) is 24.3 Å². The lowest BCUT2D eigenvalue weighted by Gasteiger charge is -2.42. The zero-order chi connectivity index (χ0) is 23.4. The van der Waals surface area contributed by atoms with Crippen LogP contribution in [0.25, 0.3) is 0 Å². The first kappa shape index (κ1) is 23.2. The van der Waals surface area contributed by atoms with E-state index in [9.17, 15) is 13.6 Å². The third kappa shape index (κ3) is 5.02. The molecular formula is C25H27F2N3O2S. The second-order valence-electron chi connectivity index (χ2n) is 8.01. The molecular weight excluding hydrogens is 444 g/mol.